The van der Waals surface area contributed by atoms with Gasteiger partial charge >= 0.3 is 0 Å². The van der Waals surface area contributed by atoms with Gasteiger partial charge in [0.1, 0.15) is 6.07 Å². The molecule has 0 saturated heterocycles. The standard InChI is InChI=1S/C15H16N4O/c1-20-14-8-4-7-12(14)17-15-10-5-2-3-6-11(10)18-19-13(15)9-16/h2-3,5-6,12,14H,4,7-8H2,1H3,(H,17,18). The second-order valence-corrected chi connectivity index (χ2v) is 5.01. The van der Waals surface area contributed by atoms with Crippen LogP contribution in [0.1, 0.15) is 25.0 Å². The Bertz CT molecular complexity index is 664. The van der Waals surface area contributed by atoms with E-state index in [1.54, 1.807) is 7.11 Å². The highest BCUT2D eigenvalue weighted by Gasteiger charge is 2.28. The minimum absolute atomic E-state index is 0.188. The monoisotopic (exact) mass is 268 g/mol. The molecule has 5 heteroatoms. The Morgan fingerprint density at radius 2 is 2.15 bits per heavy atom. The average molecular weight is 268 g/mol. The van der Waals surface area contributed by atoms with Crippen LogP contribution in [0.25, 0.3) is 10.9 Å². The fraction of sp³-hybridized carbons (Fsp3) is 0.400. The van der Waals surface area contributed by atoms with Crippen LogP contribution < -0.4 is 5.32 Å². The van der Waals surface area contributed by atoms with Crippen LogP contribution in [0.2, 0.25) is 0 Å². The fourth-order valence-corrected chi connectivity index (χ4v) is 2.84. The second-order valence-electron chi connectivity index (χ2n) is 5.01. The van der Waals surface area contributed by atoms with Gasteiger partial charge in [0.05, 0.1) is 23.3 Å². The van der Waals surface area contributed by atoms with E-state index in [4.69, 9.17) is 4.74 Å². The van der Waals surface area contributed by atoms with Crippen LogP contribution in [0.5, 0.6) is 0 Å². The second kappa shape index (κ2) is 5.43. The summed E-state index contributed by atoms with van der Waals surface area (Å²) in [5.74, 6) is 0. The largest absolute Gasteiger partial charge is 0.379 e. The maximum Gasteiger partial charge on any atom is 0.186 e. The molecule has 1 aromatic heterocycles. The summed E-state index contributed by atoms with van der Waals surface area (Å²) >= 11 is 0. The molecule has 0 radical (unpaired) electrons. The lowest BCUT2D eigenvalue weighted by molar-refractivity contribution is 0.101. The number of nitriles is 1. The van der Waals surface area contributed by atoms with Crippen LogP contribution in [0, 0.1) is 11.3 Å². The Labute approximate surface area is 117 Å². The molecule has 2 aromatic rings. The normalized spacial score (nSPS) is 21.8. The molecular weight excluding hydrogens is 252 g/mol. The van der Waals surface area contributed by atoms with E-state index in [1.807, 2.05) is 24.3 Å². The molecule has 2 unspecified atom stereocenters. The first-order valence-corrected chi connectivity index (χ1v) is 6.78. The zero-order valence-corrected chi connectivity index (χ0v) is 11.3. The molecule has 1 fully saturated rings. The smallest absolute Gasteiger partial charge is 0.186 e. The molecule has 1 saturated carbocycles. The molecule has 20 heavy (non-hydrogen) atoms. The van der Waals surface area contributed by atoms with Gasteiger partial charge in [0, 0.05) is 12.5 Å². The lowest BCUT2D eigenvalue weighted by atomic mass is 10.1. The Morgan fingerprint density at radius 3 is 2.95 bits per heavy atom. The Hall–Kier alpha value is -2.19. The molecule has 0 bridgehead atoms. The van der Waals surface area contributed by atoms with Crippen molar-refractivity contribution >= 4 is 16.6 Å². The summed E-state index contributed by atoms with van der Waals surface area (Å²) < 4.78 is 5.50. The van der Waals surface area contributed by atoms with Crippen molar-refractivity contribution in [1.82, 2.24) is 10.2 Å². The summed E-state index contributed by atoms with van der Waals surface area (Å²) in [4.78, 5) is 0. The minimum atomic E-state index is 0.188. The third-order valence-corrected chi connectivity index (χ3v) is 3.86. The SMILES string of the molecule is COC1CCCC1Nc1c(C#N)nnc2ccccc12. The van der Waals surface area contributed by atoms with Crippen molar-refractivity contribution in [3.8, 4) is 6.07 Å². The average Bonchev–Trinajstić information content (AvgIpc) is 2.95. The maximum atomic E-state index is 9.25. The number of nitrogens with one attached hydrogen (secondary N) is 1. The van der Waals surface area contributed by atoms with Crippen LogP contribution in [0.4, 0.5) is 5.69 Å². The summed E-state index contributed by atoms with van der Waals surface area (Å²) in [7, 11) is 1.73. The third kappa shape index (κ3) is 2.19. The number of benzene rings is 1. The van der Waals surface area contributed by atoms with Crippen molar-refractivity contribution < 1.29 is 4.74 Å². The van der Waals surface area contributed by atoms with Gasteiger partial charge in [-0.3, -0.25) is 0 Å². The van der Waals surface area contributed by atoms with E-state index >= 15 is 0 Å². The van der Waals surface area contributed by atoms with Gasteiger partial charge in [0.2, 0.25) is 0 Å². The molecule has 3 rings (SSSR count). The summed E-state index contributed by atoms with van der Waals surface area (Å²) in [5, 5.41) is 21.7. The third-order valence-electron chi connectivity index (χ3n) is 3.86. The number of fused-ring (bicyclic) bond motifs is 1. The molecule has 2 atom stereocenters. The van der Waals surface area contributed by atoms with Crippen molar-refractivity contribution in [2.75, 3.05) is 12.4 Å². The van der Waals surface area contributed by atoms with Gasteiger partial charge in [0.25, 0.3) is 0 Å². The van der Waals surface area contributed by atoms with Crippen LogP contribution in [0.3, 0.4) is 0 Å². The van der Waals surface area contributed by atoms with Crippen molar-refractivity contribution in [3.63, 3.8) is 0 Å². The number of anilines is 1. The molecule has 0 spiro atoms. The lowest BCUT2D eigenvalue weighted by Crippen LogP contribution is -2.30. The lowest BCUT2D eigenvalue weighted by Gasteiger charge is -2.21. The van der Waals surface area contributed by atoms with Crippen LogP contribution in [0.15, 0.2) is 24.3 Å². The first-order valence-electron chi connectivity index (χ1n) is 6.78. The van der Waals surface area contributed by atoms with Gasteiger partial charge in [-0.05, 0) is 25.3 Å². The molecular formula is C15H16N4O. The number of rotatable bonds is 3. The summed E-state index contributed by atoms with van der Waals surface area (Å²) in [5.41, 5.74) is 1.90. The molecule has 0 aliphatic heterocycles. The molecule has 1 aliphatic rings. The zero-order chi connectivity index (χ0) is 13.9. The van der Waals surface area contributed by atoms with E-state index in [0.29, 0.717) is 5.69 Å². The number of aromatic nitrogens is 2. The van der Waals surface area contributed by atoms with Crippen molar-refractivity contribution in [1.29, 1.82) is 5.26 Å². The Morgan fingerprint density at radius 1 is 1.30 bits per heavy atom. The van der Waals surface area contributed by atoms with Crippen LogP contribution in [-0.4, -0.2) is 29.5 Å². The predicted molar refractivity (Wildman–Crippen MR) is 76.3 cm³/mol. The molecule has 1 heterocycles. The van der Waals surface area contributed by atoms with Gasteiger partial charge in [-0.15, -0.1) is 10.2 Å². The summed E-state index contributed by atoms with van der Waals surface area (Å²) in [6, 6.07) is 10.1. The highest BCUT2D eigenvalue weighted by atomic mass is 16.5. The highest BCUT2D eigenvalue weighted by Crippen LogP contribution is 2.29. The summed E-state index contributed by atoms with van der Waals surface area (Å²) in [6.07, 6.45) is 3.41. The van der Waals surface area contributed by atoms with Gasteiger partial charge in [-0.2, -0.15) is 5.26 Å². The maximum absolute atomic E-state index is 9.25. The van der Waals surface area contributed by atoms with E-state index in [0.717, 1.165) is 35.9 Å². The Balaban J connectivity index is 2.03. The minimum Gasteiger partial charge on any atom is -0.379 e. The zero-order valence-electron chi connectivity index (χ0n) is 11.3. The van der Waals surface area contributed by atoms with Crippen LogP contribution in [-0.2, 0) is 4.74 Å². The Kier molecular flexibility index (Phi) is 3.48. The number of hydrogen-bond acceptors (Lipinski definition) is 5. The summed E-state index contributed by atoms with van der Waals surface area (Å²) in [6.45, 7) is 0. The van der Waals surface area contributed by atoms with E-state index in [-0.39, 0.29) is 12.1 Å². The van der Waals surface area contributed by atoms with Gasteiger partial charge in [-0.1, -0.05) is 18.2 Å². The number of nitrogens with zero attached hydrogens (tertiary/aromatic N) is 3. The molecule has 5 nitrogen and oxygen atoms in total. The van der Waals surface area contributed by atoms with Crippen molar-refractivity contribution in [2.24, 2.45) is 0 Å². The van der Waals surface area contributed by atoms with E-state index in [1.165, 1.54) is 0 Å². The first-order chi connectivity index (χ1) is 9.83. The predicted octanol–water partition coefficient (Wildman–Crippen LogP) is 2.48. The highest BCUT2D eigenvalue weighted by molar-refractivity contribution is 5.92. The molecule has 102 valence electrons. The molecule has 1 N–H and O–H groups in total. The number of ether oxygens (including phenoxy) is 1. The topological polar surface area (TPSA) is 70.8 Å². The molecule has 0 amide bonds. The van der Waals surface area contributed by atoms with E-state index in [9.17, 15) is 5.26 Å². The number of hydrogen-bond donors (Lipinski definition) is 1. The molecule has 1 aliphatic carbocycles. The van der Waals surface area contributed by atoms with Gasteiger partial charge in [0.15, 0.2) is 5.69 Å². The van der Waals surface area contributed by atoms with Gasteiger partial charge < -0.3 is 10.1 Å². The molecule has 1 aromatic carbocycles. The first kappa shape index (κ1) is 12.8. The van der Waals surface area contributed by atoms with Crippen molar-refractivity contribution in [3.05, 3.63) is 30.0 Å². The fourth-order valence-electron chi connectivity index (χ4n) is 2.84. The van der Waals surface area contributed by atoms with E-state index in [2.05, 4.69) is 21.6 Å². The number of methoxy groups -OCH3 is 1. The van der Waals surface area contributed by atoms with Crippen molar-refractivity contribution in [2.45, 2.75) is 31.4 Å². The quantitative estimate of drug-likeness (QED) is 0.926. The van der Waals surface area contributed by atoms with Gasteiger partial charge in [-0.25, -0.2) is 0 Å². The van der Waals surface area contributed by atoms with Crippen LogP contribution >= 0.6 is 0 Å². The van der Waals surface area contributed by atoms with E-state index < -0.39 is 0 Å².